The summed E-state index contributed by atoms with van der Waals surface area (Å²) in [7, 11) is -0.646. The number of benzene rings is 1. The minimum atomic E-state index is -3.57. The molecule has 0 saturated heterocycles. The molecule has 0 radical (unpaired) electrons. The average Bonchev–Trinajstić information content (AvgIpc) is 2.90. The van der Waals surface area contributed by atoms with E-state index in [1.807, 2.05) is 0 Å². The molecule has 0 bridgehead atoms. The molecule has 108 valence electrons. The number of para-hydroxylation sites is 1. The van der Waals surface area contributed by atoms with Crippen molar-refractivity contribution in [3.8, 4) is 0 Å². The zero-order valence-corrected chi connectivity index (χ0v) is 12.0. The number of nitrogens with zero attached hydrogens (tertiary/aromatic N) is 3. The first-order valence-corrected chi connectivity index (χ1v) is 7.26. The molecule has 1 aromatic heterocycles. The summed E-state index contributed by atoms with van der Waals surface area (Å²) in [4.78, 5) is 4.04. The van der Waals surface area contributed by atoms with Crippen LogP contribution in [0.15, 0.2) is 29.4 Å². The number of sulfonamides is 1. The Morgan fingerprint density at radius 2 is 2.15 bits per heavy atom. The lowest BCUT2D eigenvalue weighted by atomic mass is 10.2. The van der Waals surface area contributed by atoms with E-state index in [1.54, 1.807) is 12.1 Å². The number of anilines is 2. The third-order valence-corrected chi connectivity index (χ3v) is 4.61. The van der Waals surface area contributed by atoms with E-state index in [4.69, 9.17) is 5.73 Å². The molecular formula is C11H16N6O2S. The van der Waals surface area contributed by atoms with Gasteiger partial charge in [0.2, 0.25) is 10.0 Å². The van der Waals surface area contributed by atoms with Crippen LogP contribution >= 0.6 is 0 Å². The minimum absolute atomic E-state index is 0.0741. The van der Waals surface area contributed by atoms with Crippen LogP contribution in [-0.2, 0) is 16.6 Å². The second-order valence-electron chi connectivity index (χ2n) is 4.29. The fraction of sp³-hybridized carbons (Fsp3) is 0.273. The van der Waals surface area contributed by atoms with Crippen LogP contribution in [0.3, 0.4) is 0 Å². The Kier molecular flexibility index (Phi) is 3.91. The molecule has 0 aliphatic carbocycles. The topological polar surface area (TPSA) is 117 Å². The molecule has 1 aromatic carbocycles. The molecule has 0 aliphatic heterocycles. The largest absolute Gasteiger partial charge is 0.396 e. The molecule has 0 atom stereocenters. The van der Waals surface area contributed by atoms with Gasteiger partial charge in [-0.05, 0) is 12.1 Å². The van der Waals surface area contributed by atoms with E-state index >= 15 is 0 Å². The normalized spacial score (nSPS) is 11.8. The van der Waals surface area contributed by atoms with E-state index in [0.29, 0.717) is 18.1 Å². The van der Waals surface area contributed by atoms with Gasteiger partial charge in [0, 0.05) is 14.1 Å². The van der Waals surface area contributed by atoms with Crippen molar-refractivity contribution in [3.05, 3.63) is 30.4 Å². The summed E-state index contributed by atoms with van der Waals surface area (Å²) >= 11 is 0. The molecule has 1 heterocycles. The zero-order valence-electron chi connectivity index (χ0n) is 11.2. The molecule has 0 spiro atoms. The van der Waals surface area contributed by atoms with Crippen LogP contribution in [0.5, 0.6) is 0 Å². The SMILES string of the molecule is CN(C)S(=O)(=O)c1cccc(NCc2ncn[nH]2)c1N. The van der Waals surface area contributed by atoms with Crippen molar-refractivity contribution in [2.45, 2.75) is 11.4 Å². The molecule has 8 nitrogen and oxygen atoms in total. The number of nitrogens with two attached hydrogens (primary N) is 1. The highest BCUT2D eigenvalue weighted by atomic mass is 32.2. The molecule has 0 saturated carbocycles. The van der Waals surface area contributed by atoms with Crippen LogP contribution in [0.2, 0.25) is 0 Å². The average molecular weight is 296 g/mol. The maximum absolute atomic E-state index is 12.1. The molecule has 9 heteroatoms. The van der Waals surface area contributed by atoms with Gasteiger partial charge in [-0.25, -0.2) is 17.7 Å². The maximum atomic E-state index is 12.1. The van der Waals surface area contributed by atoms with E-state index in [-0.39, 0.29) is 10.6 Å². The summed E-state index contributed by atoms with van der Waals surface area (Å²) in [6, 6.07) is 4.82. The lowest BCUT2D eigenvalue weighted by Crippen LogP contribution is -2.23. The predicted octanol–water partition coefficient (Wildman–Crippen LogP) is 0.249. The first kappa shape index (κ1) is 14.3. The summed E-state index contributed by atoms with van der Waals surface area (Å²) in [5.41, 5.74) is 6.65. The highest BCUT2D eigenvalue weighted by Gasteiger charge is 2.21. The van der Waals surface area contributed by atoms with Crippen LogP contribution < -0.4 is 11.1 Å². The number of hydrogen-bond donors (Lipinski definition) is 3. The number of nitrogens with one attached hydrogen (secondary N) is 2. The van der Waals surface area contributed by atoms with Crippen LogP contribution in [0, 0.1) is 0 Å². The second kappa shape index (κ2) is 5.47. The first-order valence-electron chi connectivity index (χ1n) is 5.82. The summed E-state index contributed by atoms with van der Waals surface area (Å²) in [6.07, 6.45) is 1.40. The number of nitrogen functional groups attached to an aromatic ring is 1. The van der Waals surface area contributed by atoms with Crippen molar-refractivity contribution >= 4 is 21.4 Å². The highest BCUT2D eigenvalue weighted by Crippen LogP contribution is 2.28. The first-order chi connectivity index (χ1) is 9.43. The monoisotopic (exact) mass is 296 g/mol. The number of rotatable bonds is 5. The van der Waals surface area contributed by atoms with Gasteiger partial charge in [0.05, 0.1) is 17.9 Å². The van der Waals surface area contributed by atoms with Gasteiger partial charge < -0.3 is 11.1 Å². The molecular weight excluding hydrogens is 280 g/mol. The molecule has 2 rings (SSSR count). The molecule has 20 heavy (non-hydrogen) atoms. The third kappa shape index (κ3) is 2.73. The molecule has 4 N–H and O–H groups in total. The Hall–Kier alpha value is -2.13. The highest BCUT2D eigenvalue weighted by molar-refractivity contribution is 7.89. The van der Waals surface area contributed by atoms with Crippen molar-refractivity contribution in [1.29, 1.82) is 0 Å². The lowest BCUT2D eigenvalue weighted by molar-refractivity contribution is 0.521. The Bertz CT molecular complexity index is 681. The van der Waals surface area contributed by atoms with E-state index < -0.39 is 10.0 Å². The number of aromatic amines is 1. The van der Waals surface area contributed by atoms with Gasteiger partial charge in [-0.2, -0.15) is 5.10 Å². The van der Waals surface area contributed by atoms with Crippen molar-refractivity contribution in [2.24, 2.45) is 0 Å². The van der Waals surface area contributed by atoms with Crippen LogP contribution in [0.4, 0.5) is 11.4 Å². The zero-order chi connectivity index (χ0) is 14.8. The van der Waals surface area contributed by atoms with Crippen molar-refractivity contribution in [3.63, 3.8) is 0 Å². The van der Waals surface area contributed by atoms with E-state index in [2.05, 4.69) is 20.5 Å². The summed E-state index contributed by atoms with van der Waals surface area (Å²) in [5.74, 6) is 0.630. The van der Waals surface area contributed by atoms with E-state index in [1.165, 1.54) is 26.5 Å². The van der Waals surface area contributed by atoms with Gasteiger partial charge in [0.1, 0.15) is 17.0 Å². The van der Waals surface area contributed by atoms with Gasteiger partial charge >= 0.3 is 0 Å². The van der Waals surface area contributed by atoms with Crippen molar-refractivity contribution in [1.82, 2.24) is 19.5 Å². The maximum Gasteiger partial charge on any atom is 0.244 e. The van der Waals surface area contributed by atoms with Crippen LogP contribution in [0.1, 0.15) is 5.82 Å². The van der Waals surface area contributed by atoms with Gasteiger partial charge in [0.25, 0.3) is 0 Å². The van der Waals surface area contributed by atoms with E-state index in [9.17, 15) is 8.42 Å². The molecule has 0 unspecified atom stereocenters. The molecule has 2 aromatic rings. The molecule has 0 amide bonds. The Labute approximate surface area is 117 Å². The molecule has 0 fully saturated rings. The summed E-state index contributed by atoms with van der Waals surface area (Å²) in [5, 5.41) is 9.45. The van der Waals surface area contributed by atoms with Gasteiger partial charge in [-0.3, -0.25) is 5.10 Å². The number of H-pyrrole nitrogens is 1. The fourth-order valence-electron chi connectivity index (χ4n) is 1.61. The van der Waals surface area contributed by atoms with Crippen LogP contribution in [-0.4, -0.2) is 42.0 Å². The van der Waals surface area contributed by atoms with Gasteiger partial charge in [-0.15, -0.1) is 0 Å². The van der Waals surface area contributed by atoms with Gasteiger partial charge in [-0.1, -0.05) is 6.07 Å². The third-order valence-electron chi connectivity index (χ3n) is 2.74. The Morgan fingerprint density at radius 1 is 1.40 bits per heavy atom. The second-order valence-corrected chi connectivity index (χ2v) is 6.41. The summed E-state index contributed by atoms with van der Waals surface area (Å²) in [6.45, 7) is 0.371. The van der Waals surface area contributed by atoms with E-state index in [0.717, 1.165) is 4.31 Å². The number of hydrogen-bond acceptors (Lipinski definition) is 6. The fourth-order valence-corrected chi connectivity index (χ4v) is 2.65. The molecule has 0 aliphatic rings. The van der Waals surface area contributed by atoms with Gasteiger partial charge in [0.15, 0.2) is 0 Å². The standard InChI is InChI=1S/C11H16N6O2S/c1-17(2)20(18,19)9-5-3-4-8(11(9)12)13-6-10-14-7-15-16-10/h3-5,7,13H,6,12H2,1-2H3,(H,14,15,16). The minimum Gasteiger partial charge on any atom is -0.396 e. The predicted molar refractivity (Wildman–Crippen MR) is 75.4 cm³/mol. The lowest BCUT2D eigenvalue weighted by Gasteiger charge is -2.16. The Morgan fingerprint density at radius 3 is 2.75 bits per heavy atom. The van der Waals surface area contributed by atoms with Crippen LogP contribution in [0.25, 0.3) is 0 Å². The quantitative estimate of drug-likeness (QED) is 0.681. The Balaban J connectivity index is 2.28. The number of aromatic nitrogens is 3. The van der Waals surface area contributed by atoms with Crippen molar-refractivity contribution in [2.75, 3.05) is 25.1 Å². The smallest absolute Gasteiger partial charge is 0.244 e. The van der Waals surface area contributed by atoms with Crippen molar-refractivity contribution < 1.29 is 8.42 Å². The summed E-state index contributed by atoms with van der Waals surface area (Å²) < 4.78 is 25.4.